The van der Waals surface area contributed by atoms with Crippen LogP contribution in [0.3, 0.4) is 0 Å². The van der Waals surface area contributed by atoms with E-state index in [4.69, 9.17) is 0 Å². The number of nitrogens with zero attached hydrogens (tertiary/aromatic N) is 3. The van der Waals surface area contributed by atoms with Crippen molar-refractivity contribution in [3.8, 4) is 0 Å². The first kappa shape index (κ1) is 21.0. The van der Waals surface area contributed by atoms with Crippen molar-refractivity contribution in [1.29, 1.82) is 0 Å². The first-order chi connectivity index (χ1) is 14.4. The molecular formula is C23H29N3O3S. The van der Waals surface area contributed by atoms with E-state index in [1.54, 1.807) is 29.2 Å². The Labute approximate surface area is 179 Å². The lowest BCUT2D eigenvalue weighted by Crippen LogP contribution is -2.44. The average molecular weight is 428 g/mol. The van der Waals surface area contributed by atoms with Gasteiger partial charge >= 0.3 is 0 Å². The van der Waals surface area contributed by atoms with Gasteiger partial charge in [0.1, 0.15) is 6.17 Å². The number of amides is 1. The summed E-state index contributed by atoms with van der Waals surface area (Å²) in [6.07, 6.45) is 1.58. The highest BCUT2D eigenvalue weighted by atomic mass is 32.2. The summed E-state index contributed by atoms with van der Waals surface area (Å²) < 4.78 is 28.6. The van der Waals surface area contributed by atoms with Gasteiger partial charge in [0.2, 0.25) is 15.9 Å². The van der Waals surface area contributed by atoms with Crippen LogP contribution in [0.2, 0.25) is 0 Å². The van der Waals surface area contributed by atoms with Gasteiger partial charge in [0.25, 0.3) is 0 Å². The van der Waals surface area contributed by atoms with Crippen LogP contribution in [0.25, 0.3) is 0 Å². The molecule has 0 spiro atoms. The van der Waals surface area contributed by atoms with E-state index in [0.29, 0.717) is 6.54 Å². The molecule has 2 atom stereocenters. The lowest BCUT2D eigenvalue weighted by atomic mass is 10.1. The number of carbonyl (C=O) groups excluding carboxylic acids is 1. The molecule has 0 radical (unpaired) electrons. The highest BCUT2D eigenvalue weighted by molar-refractivity contribution is 7.89. The summed E-state index contributed by atoms with van der Waals surface area (Å²) in [7, 11) is -3.75. The van der Waals surface area contributed by atoms with Gasteiger partial charge in [-0.15, -0.1) is 0 Å². The van der Waals surface area contributed by atoms with Crippen molar-refractivity contribution >= 4 is 15.9 Å². The largest absolute Gasteiger partial charge is 0.317 e. The van der Waals surface area contributed by atoms with Crippen LogP contribution in [-0.2, 0) is 14.8 Å². The summed E-state index contributed by atoms with van der Waals surface area (Å²) in [4.78, 5) is 17.5. The molecular weight excluding hydrogens is 398 g/mol. The molecule has 2 heterocycles. The summed E-state index contributed by atoms with van der Waals surface area (Å²) in [5.74, 6) is -0.0140. The van der Waals surface area contributed by atoms with Gasteiger partial charge in [0.05, 0.1) is 11.4 Å². The first-order valence-electron chi connectivity index (χ1n) is 10.5. The van der Waals surface area contributed by atoms with Crippen LogP contribution in [0.5, 0.6) is 0 Å². The predicted molar refractivity (Wildman–Crippen MR) is 116 cm³/mol. The first-order valence-corrected chi connectivity index (χ1v) is 12.0. The van der Waals surface area contributed by atoms with Gasteiger partial charge in [-0.25, -0.2) is 8.42 Å². The van der Waals surface area contributed by atoms with Crippen LogP contribution in [0.4, 0.5) is 0 Å². The summed E-state index contributed by atoms with van der Waals surface area (Å²) in [5.41, 5.74) is 1.82. The van der Waals surface area contributed by atoms with Crippen molar-refractivity contribution in [2.24, 2.45) is 0 Å². The Kier molecular flexibility index (Phi) is 5.95. The quantitative estimate of drug-likeness (QED) is 0.736. The Morgan fingerprint density at radius 1 is 1.00 bits per heavy atom. The molecule has 7 heteroatoms. The third-order valence-corrected chi connectivity index (χ3v) is 7.86. The molecule has 0 saturated carbocycles. The second-order valence-corrected chi connectivity index (χ2v) is 10.2. The molecule has 2 aliphatic rings. The summed E-state index contributed by atoms with van der Waals surface area (Å²) >= 11 is 0. The topological polar surface area (TPSA) is 60.9 Å². The van der Waals surface area contributed by atoms with Gasteiger partial charge in [-0.2, -0.15) is 4.31 Å². The van der Waals surface area contributed by atoms with Gasteiger partial charge in [0, 0.05) is 12.6 Å². The lowest BCUT2D eigenvalue weighted by molar-refractivity contribution is -0.135. The van der Waals surface area contributed by atoms with Gasteiger partial charge in [-0.1, -0.05) is 48.0 Å². The fourth-order valence-corrected chi connectivity index (χ4v) is 6.10. The number of hydrogen-bond acceptors (Lipinski definition) is 4. The average Bonchev–Trinajstić information content (AvgIpc) is 3.36. The predicted octanol–water partition coefficient (Wildman–Crippen LogP) is 3.01. The van der Waals surface area contributed by atoms with E-state index < -0.39 is 16.2 Å². The van der Waals surface area contributed by atoms with Crippen LogP contribution in [-0.4, -0.2) is 60.7 Å². The number of carbonyl (C=O) groups is 1. The van der Waals surface area contributed by atoms with Gasteiger partial charge < -0.3 is 4.90 Å². The number of likely N-dealkylation sites (tertiary alicyclic amines) is 1. The Morgan fingerprint density at radius 2 is 1.63 bits per heavy atom. The monoisotopic (exact) mass is 427 g/mol. The second-order valence-electron chi connectivity index (χ2n) is 8.31. The van der Waals surface area contributed by atoms with Gasteiger partial charge in [-0.05, 0) is 57.5 Å². The Bertz CT molecular complexity index is 986. The molecule has 2 fully saturated rings. The molecule has 30 heavy (non-hydrogen) atoms. The SMILES string of the molecule is Cc1ccc(S(=O)(=O)N2C[C@H](C)N(C(=O)CN3CCCC3)[C@@H]2c2ccccc2)cc1. The number of benzene rings is 2. The molecule has 0 aromatic heterocycles. The molecule has 0 unspecified atom stereocenters. The molecule has 0 N–H and O–H groups in total. The van der Waals surface area contributed by atoms with E-state index in [-0.39, 0.29) is 23.4 Å². The van der Waals surface area contributed by atoms with Crippen LogP contribution in [0.1, 0.15) is 37.1 Å². The standard InChI is InChI=1S/C23H29N3O3S/c1-18-10-12-21(13-11-18)30(28,29)25-16-19(2)26(22(27)17-24-14-6-7-15-24)23(25)20-8-4-3-5-9-20/h3-5,8-13,19,23H,6-7,14-17H2,1-2H3/t19-,23+/m0/s1. The third-order valence-electron chi connectivity index (χ3n) is 6.03. The number of rotatable bonds is 5. The minimum atomic E-state index is -3.75. The summed E-state index contributed by atoms with van der Waals surface area (Å²) in [6, 6.07) is 16.2. The van der Waals surface area contributed by atoms with Crippen molar-refractivity contribution in [1.82, 2.24) is 14.1 Å². The maximum atomic E-state index is 13.6. The normalized spacial score (nSPS) is 23.2. The zero-order chi connectivity index (χ0) is 21.3. The van der Waals surface area contributed by atoms with E-state index in [0.717, 1.165) is 37.1 Å². The van der Waals surface area contributed by atoms with Crippen molar-refractivity contribution < 1.29 is 13.2 Å². The third kappa shape index (κ3) is 4.02. The second kappa shape index (κ2) is 8.49. The highest BCUT2D eigenvalue weighted by Crippen LogP contribution is 2.38. The van der Waals surface area contributed by atoms with E-state index >= 15 is 0 Å². The maximum absolute atomic E-state index is 13.6. The molecule has 4 rings (SSSR count). The van der Waals surface area contributed by atoms with Crippen molar-refractivity contribution in [2.45, 2.75) is 43.8 Å². The summed E-state index contributed by atoms with van der Waals surface area (Å²) in [5, 5.41) is 0. The van der Waals surface area contributed by atoms with E-state index in [2.05, 4.69) is 4.90 Å². The Morgan fingerprint density at radius 3 is 2.27 bits per heavy atom. The zero-order valence-corrected chi connectivity index (χ0v) is 18.4. The molecule has 0 aliphatic carbocycles. The fraction of sp³-hybridized carbons (Fsp3) is 0.435. The van der Waals surface area contributed by atoms with Crippen molar-refractivity contribution in [3.63, 3.8) is 0 Å². The molecule has 6 nitrogen and oxygen atoms in total. The van der Waals surface area contributed by atoms with Gasteiger partial charge in [0.15, 0.2) is 0 Å². The molecule has 2 aromatic carbocycles. The number of aryl methyl sites for hydroxylation is 1. The number of hydrogen-bond donors (Lipinski definition) is 0. The van der Waals surface area contributed by atoms with Gasteiger partial charge in [-0.3, -0.25) is 9.69 Å². The van der Waals surface area contributed by atoms with Crippen molar-refractivity contribution in [3.05, 3.63) is 65.7 Å². The molecule has 1 amide bonds. The molecule has 2 saturated heterocycles. The highest BCUT2D eigenvalue weighted by Gasteiger charge is 2.47. The molecule has 160 valence electrons. The lowest BCUT2D eigenvalue weighted by Gasteiger charge is -2.32. The van der Waals surface area contributed by atoms with Crippen LogP contribution >= 0.6 is 0 Å². The molecule has 2 aliphatic heterocycles. The minimum Gasteiger partial charge on any atom is -0.317 e. The Balaban J connectivity index is 1.71. The fourth-order valence-electron chi connectivity index (χ4n) is 4.45. The van der Waals surface area contributed by atoms with E-state index in [1.165, 1.54) is 4.31 Å². The van der Waals surface area contributed by atoms with Crippen LogP contribution in [0, 0.1) is 6.92 Å². The number of sulfonamides is 1. The minimum absolute atomic E-state index is 0.0140. The maximum Gasteiger partial charge on any atom is 0.245 e. The molecule has 2 aromatic rings. The van der Waals surface area contributed by atoms with E-state index in [9.17, 15) is 13.2 Å². The smallest absolute Gasteiger partial charge is 0.245 e. The van der Waals surface area contributed by atoms with Crippen LogP contribution < -0.4 is 0 Å². The summed E-state index contributed by atoms with van der Waals surface area (Å²) in [6.45, 7) is 6.33. The Hall–Kier alpha value is -2.22. The van der Waals surface area contributed by atoms with E-state index in [1.807, 2.05) is 44.2 Å². The van der Waals surface area contributed by atoms with Crippen LogP contribution in [0.15, 0.2) is 59.5 Å². The molecule has 0 bridgehead atoms. The van der Waals surface area contributed by atoms with Crippen molar-refractivity contribution in [2.75, 3.05) is 26.2 Å². The zero-order valence-electron chi connectivity index (χ0n) is 17.6.